The number of sulfonamides is 1. The van der Waals surface area contributed by atoms with Crippen molar-refractivity contribution in [2.75, 3.05) is 19.6 Å². The third kappa shape index (κ3) is 3.38. The van der Waals surface area contributed by atoms with Crippen molar-refractivity contribution in [1.29, 1.82) is 0 Å². The maximum absolute atomic E-state index is 13.1. The highest BCUT2D eigenvalue weighted by molar-refractivity contribution is 7.89. The second-order valence-corrected chi connectivity index (χ2v) is 8.24. The van der Waals surface area contributed by atoms with Crippen molar-refractivity contribution < 1.29 is 18.1 Å². The molecule has 0 bridgehead atoms. The van der Waals surface area contributed by atoms with E-state index in [1.807, 2.05) is 0 Å². The summed E-state index contributed by atoms with van der Waals surface area (Å²) in [5.41, 5.74) is -0.458. The minimum Gasteiger partial charge on any atom is -0.341 e. The molecule has 0 aromatic heterocycles. The SMILES string of the molecule is O=C([C@@H]1CCCCN1S(=O)(=O)c1ccccc1[N+](=O)[O-])N1CCCC1. The van der Waals surface area contributed by atoms with Crippen molar-refractivity contribution in [1.82, 2.24) is 9.21 Å². The molecular formula is C16H21N3O5S. The van der Waals surface area contributed by atoms with E-state index in [4.69, 9.17) is 0 Å². The van der Waals surface area contributed by atoms with E-state index in [0.717, 1.165) is 19.3 Å². The van der Waals surface area contributed by atoms with Gasteiger partial charge in [0, 0.05) is 25.7 Å². The highest BCUT2D eigenvalue weighted by atomic mass is 32.2. The van der Waals surface area contributed by atoms with Gasteiger partial charge in [0.15, 0.2) is 4.90 Å². The predicted octanol–water partition coefficient (Wildman–Crippen LogP) is 1.76. The smallest absolute Gasteiger partial charge is 0.289 e. The number of hydrogen-bond acceptors (Lipinski definition) is 5. The Morgan fingerprint density at radius 2 is 1.72 bits per heavy atom. The maximum Gasteiger partial charge on any atom is 0.289 e. The van der Waals surface area contributed by atoms with Crippen LogP contribution in [0.1, 0.15) is 32.1 Å². The fourth-order valence-electron chi connectivity index (χ4n) is 3.54. The fourth-order valence-corrected chi connectivity index (χ4v) is 5.35. The molecule has 1 aromatic carbocycles. The molecule has 2 heterocycles. The number of nitro groups is 1. The number of carbonyl (C=O) groups excluding carboxylic acids is 1. The quantitative estimate of drug-likeness (QED) is 0.596. The molecule has 136 valence electrons. The van der Waals surface area contributed by atoms with Gasteiger partial charge in [0.05, 0.1) is 4.92 Å². The fraction of sp³-hybridized carbons (Fsp3) is 0.562. The number of likely N-dealkylation sites (tertiary alicyclic amines) is 1. The Kier molecular flexibility index (Phi) is 5.05. The number of carbonyl (C=O) groups is 1. The number of nitro benzene ring substituents is 1. The van der Waals surface area contributed by atoms with Gasteiger partial charge < -0.3 is 4.90 Å². The van der Waals surface area contributed by atoms with Crippen LogP contribution in [-0.2, 0) is 14.8 Å². The lowest BCUT2D eigenvalue weighted by Crippen LogP contribution is -2.52. The molecule has 0 aliphatic carbocycles. The van der Waals surface area contributed by atoms with Gasteiger partial charge in [-0.1, -0.05) is 18.6 Å². The maximum atomic E-state index is 13.1. The third-order valence-electron chi connectivity index (χ3n) is 4.81. The van der Waals surface area contributed by atoms with E-state index >= 15 is 0 Å². The summed E-state index contributed by atoms with van der Waals surface area (Å²) >= 11 is 0. The molecular weight excluding hydrogens is 346 g/mol. The van der Waals surface area contributed by atoms with Crippen molar-refractivity contribution >= 4 is 21.6 Å². The molecule has 0 radical (unpaired) electrons. The highest BCUT2D eigenvalue weighted by Crippen LogP contribution is 2.31. The molecule has 2 aliphatic heterocycles. The van der Waals surface area contributed by atoms with E-state index in [0.29, 0.717) is 25.9 Å². The van der Waals surface area contributed by atoms with Gasteiger partial charge in [-0.25, -0.2) is 8.42 Å². The zero-order valence-corrected chi connectivity index (χ0v) is 14.7. The monoisotopic (exact) mass is 367 g/mol. The number of nitrogens with zero attached hydrogens (tertiary/aromatic N) is 3. The molecule has 1 aromatic rings. The molecule has 3 rings (SSSR count). The van der Waals surface area contributed by atoms with Crippen LogP contribution in [0.15, 0.2) is 29.2 Å². The number of amides is 1. The van der Waals surface area contributed by atoms with Crippen LogP contribution in [0.5, 0.6) is 0 Å². The summed E-state index contributed by atoms with van der Waals surface area (Å²) in [7, 11) is -4.12. The Balaban J connectivity index is 1.96. The summed E-state index contributed by atoms with van der Waals surface area (Å²) in [5.74, 6) is -0.181. The van der Waals surface area contributed by atoms with Crippen molar-refractivity contribution in [2.45, 2.75) is 43.0 Å². The van der Waals surface area contributed by atoms with E-state index in [2.05, 4.69) is 0 Å². The highest BCUT2D eigenvalue weighted by Gasteiger charge is 2.42. The number of hydrogen-bond donors (Lipinski definition) is 0. The summed E-state index contributed by atoms with van der Waals surface area (Å²) in [6, 6.07) is 4.53. The normalized spacial score (nSPS) is 22.1. The van der Waals surface area contributed by atoms with Crippen molar-refractivity contribution in [3.8, 4) is 0 Å². The summed E-state index contributed by atoms with van der Waals surface area (Å²) in [5, 5.41) is 11.2. The molecule has 1 amide bonds. The topological polar surface area (TPSA) is 101 Å². The Morgan fingerprint density at radius 3 is 2.40 bits per heavy atom. The van der Waals surface area contributed by atoms with Crippen LogP contribution < -0.4 is 0 Å². The Morgan fingerprint density at radius 1 is 1.08 bits per heavy atom. The standard InChI is InChI=1S/C16H21N3O5S/c20-16(17-10-5-6-11-17)14-8-3-4-12-18(14)25(23,24)15-9-2-1-7-13(15)19(21)22/h1-2,7,9,14H,3-6,8,10-12H2/t14-/m0/s1. The van der Waals surface area contributed by atoms with Crippen LogP contribution in [0.2, 0.25) is 0 Å². The van der Waals surface area contributed by atoms with Gasteiger partial charge in [-0.2, -0.15) is 4.31 Å². The molecule has 1 atom stereocenters. The Labute approximate surface area is 146 Å². The molecule has 0 spiro atoms. The van der Waals surface area contributed by atoms with Crippen molar-refractivity contribution in [3.05, 3.63) is 34.4 Å². The average molecular weight is 367 g/mol. The lowest BCUT2D eigenvalue weighted by Gasteiger charge is -2.35. The predicted molar refractivity (Wildman–Crippen MR) is 90.4 cm³/mol. The molecule has 25 heavy (non-hydrogen) atoms. The lowest BCUT2D eigenvalue weighted by atomic mass is 10.0. The van der Waals surface area contributed by atoms with Gasteiger partial charge >= 0.3 is 0 Å². The van der Waals surface area contributed by atoms with Gasteiger partial charge in [-0.05, 0) is 31.7 Å². The van der Waals surface area contributed by atoms with Crippen LogP contribution in [0.25, 0.3) is 0 Å². The molecule has 2 aliphatic rings. The zero-order valence-electron chi connectivity index (χ0n) is 13.8. The molecule has 2 saturated heterocycles. The van der Waals surface area contributed by atoms with Crippen LogP contribution in [0.4, 0.5) is 5.69 Å². The summed E-state index contributed by atoms with van der Waals surface area (Å²) < 4.78 is 27.4. The second kappa shape index (κ2) is 7.09. The van der Waals surface area contributed by atoms with E-state index in [9.17, 15) is 23.3 Å². The first-order valence-corrected chi connectivity index (χ1v) is 9.91. The minimum atomic E-state index is -4.12. The Bertz CT molecular complexity index is 774. The van der Waals surface area contributed by atoms with Gasteiger partial charge in [-0.15, -0.1) is 0 Å². The van der Waals surface area contributed by atoms with Crippen LogP contribution in [-0.4, -0.2) is 54.1 Å². The molecule has 8 nitrogen and oxygen atoms in total. The lowest BCUT2D eigenvalue weighted by molar-refractivity contribution is -0.387. The zero-order chi connectivity index (χ0) is 18.0. The summed E-state index contributed by atoms with van der Waals surface area (Å²) in [6.45, 7) is 1.50. The molecule has 9 heteroatoms. The van der Waals surface area contributed by atoms with Gasteiger partial charge in [0.1, 0.15) is 6.04 Å². The van der Waals surface area contributed by atoms with E-state index in [-0.39, 0.29) is 17.3 Å². The first-order valence-electron chi connectivity index (χ1n) is 8.47. The summed E-state index contributed by atoms with van der Waals surface area (Å²) in [6.07, 6.45) is 3.72. The van der Waals surface area contributed by atoms with Gasteiger partial charge in [0.25, 0.3) is 15.7 Å². The van der Waals surface area contributed by atoms with Gasteiger partial charge in [-0.3, -0.25) is 14.9 Å². The number of rotatable bonds is 4. The largest absolute Gasteiger partial charge is 0.341 e. The molecule has 2 fully saturated rings. The van der Waals surface area contributed by atoms with Crippen LogP contribution >= 0.6 is 0 Å². The van der Waals surface area contributed by atoms with Crippen LogP contribution in [0.3, 0.4) is 0 Å². The number of piperidine rings is 1. The van der Waals surface area contributed by atoms with Crippen molar-refractivity contribution in [3.63, 3.8) is 0 Å². The Hall–Kier alpha value is -2.00. The third-order valence-corrected chi connectivity index (χ3v) is 6.76. The molecule has 0 unspecified atom stereocenters. The van der Waals surface area contributed by atoms with E-state index < -0.39 is 26.7 Å². The first-order chi connectivity index (χ1) is 11.9. The minimum absolute atomic E-state index is 0.181. The van der Waals surface area contributed by atoms with Crippen LogP contribution in [0, 0.1) is 10.1 Å². The first kappa shape index (κ1) is 17.8. The van der Waals surface area contributed by atoms with Crippen molar-refractivity contribution in [2.24, 2.45) is 0 Å². The van der Waals surface area contributed by atoms with E-state index in [1.165, 1.54) is 28.6 Å². The van der Waals surface area contributed by atoms with E-state index in [1.54, 1.807) is 4.90 Å². The second-order valence-electron chi connectivity index (χ2n) is 6.38. The molecule has 0 N–H and O–H groups in total. The summed E-state index contributed by atoms with van der Waals surface area (Å²) in [4.78, 5) is 24.7. The van der Waals surface area contributed by atoms with Gasteiger partial charge in [0.2, 0.25) is 5.91 Å². The number of benzene rings is 1. The average Bonchev–Trinajstić information content (AvgIpc) is 3.15. The number of para-hydroxylation sites is 1. The molecule has 0 saturated carbocycles.